The van der Waals surface area contributed by atoms with E-state index in [1.807, 2.05) is 59.5 Å². The van der Waals surface area contributed by atoms with Crippen LogP contribution in [0.15, 0.2) is 78.9 Å². The van der Waals surface area contributed by atoms with Crippen LogP contribution in [0, 0.1) is 5.92 Å². The number of nitrogens with one attached hydrogen (secondary N) is 1. The highest BCUT2D eigenvalue weighted by atomic mass is 16.5. The molecule has 5 heteroatoms. The molecule has 0 spiro atoms. The standard InChI is InChI=1S/C28H30N2O3/c1-33-25-14-11-21(12-15-25)13-16-27(31)30-18-17-29-28(32)24(20-30)19-23-9-5-6-10-26(23)22-7-3-2-4-8-22/h2-12,14-15,24H,13,16-20H2,1H3,(H,29,32). The molecule has 5 nitrogen and oxygen atoms in total. The van der Waals surface area contributed by atoms with E-state index in [2.05, 4.69) is 29.6 Å². The van der Waals surface area contributed by atoms with Gasteiger partial charge in [-0.3, -0.25) is 9.59 Å². The summed E-state index contributed by atoms with van der Waals surface area (Å²) >= 11 is 0. The number of rotatable bonds is 7. The van der Waals surface area contributed by atoms with Crippen LogP contribution >= 0.6 is 0 Å². The number of carbonyl (C=O) groups excluding carboxylic acids is 2. The van der Waals surface area contributed by atoms with Crippen LogP contribution in [0.1, 0.15) is 17.5 Å². The van der Waals surface area contributed by atoms with Gasteiger partial charge in [-0.2, -0.15) is 0 Å². The average Bonchev–Trinajstić information content (AvgIpc) is 3.05. The summed E-state index contributed by atoms with van der Waals surface area (Å²) < 4.78 is 5.20. The first-order chi connectivity index (χ1) is 16.1. The molecular weight excluding hydrogens is 412 g/mol. The summed E-state index contributed by atoms with van der Waals surface area (Å²) in [6.45, 7) is 1.48. The Bertz CT molecular complexity index is 1080. The Morgan fingerprint density at radius 3 is 2.48 bits per heavy atom. The van der Waals surface area contributed by atoms with Crippen molar-refractivity contribution in [2.75, 3.05) is 26.7 Å². The van der Waals surface area contributed by atoms with Gasteiger partial charge >= 0.3 is 0 Å². The lowest BCUT2D eigenvalue weighted by Gasteiger charge is -2.24. The van der Waals surface area contributed by atoms with Gasteiger partial charge in [0.05, 0.1) is 13.0 Å². The predicted octanol–water partition coefficient (Wildman–Crippen LogP) is 4.11. The zero-order valence-corrected chi connectivity index (χ0v) is 19.0. The highest BCUT2D eigenvalue weighted by Crippen LogP contribution is 2.26. The average molecular weight is 443 g/mol. The molecule has 0 aliphatic carbocycles. The molecule has 0 bridgehead atoms. The smallest absolute Gasteiger partial charge is 0.225 e. The SMILES string of the molecule is COc1ccc(CCC(=O)N2CCNC(=O)C(Cc3ccccc3-c3ccccc3)C2)cc1. The number of methoxy groups -OCH3 is 1. The third-order valence-electron chi connectivity index (χ3n) is 6.20. The minimum absolute atomic E-state index is 0.0170. The van der Waals surface area contributed by atoms with Gasteiger partial charge in [0.1, 0.15) is 5.75 Å². The van der Waals surface area contributed by atoms with Gasteiger partial charge in [0.15, 0.2) is 0 Å². The van der Waals surface area contributed by atoms with Crippen LogP contribution < -0.4 is 10.1 Å². The van der Waals surface area contributed by atoms with E-state index >= 15 is 0 Å². The molecule has 1 atom stereocenters. The fraction of sp³-hybridized carbons (Fsp3) is 0.286. The molecule has 170 valence electrons. The van der Waals surface area contributed by atoms with E-state index in [9.17, 15) is 9.59 Å². The third-order valence-corrected chi connectivity index (χ3v) is 6.20. The molecule has 4 rings (SSSR count). The molecule has 0 saturated carbocycles. The van der Waals surface area contributed by atoms with E-state index in [0.717, 1.165) is 28.0 Å². The van der Waals surface area contributed by atoms with E-state index in [0.29, 0.717) is 38.9 Å². The van der Waals surface area contributed by atoms with Gasteiger partial charge in [0.25, 0.3) is 0 Å². The number of ether oxygens (including phenoxy) is 1. The minimum Gasteiger partial charge on any atom is -0.497 e. The monoisotopic (exact) mass is 442 g/mol. The Labute approximate surface area is 195 Å². The molecule has 1 aliphatic rings. The van der Waals surface area contributed by atoms with Crippen LogP contribution in [0.3, 0.4) is 0 Å². The largest absolute Gasteiger partial charge is 0.497 e. The van der Waals surface area contributed by atoms with Crippen LogP contribution in [-0.4, -0.2) is 43.5 Å². The van der Waals surface area contributed by atoms with E-state index in [-0.39, 0.29) is 17.7 Å². The Kier molecular flexibility index (Phi) is 7.40. The molecule has 1 aliphatic heterocycles. The van der Waals surface area contributed by atoms with Crippen molar-refractivity contribution >= 4 is 11.8 Å². The maximum absolute atomic E-state index is 13.0. The molecule has 1 heterocycles. The van der Waals surface area contributed by atoms with Gasteiger partial charge in [-0.05, 0) is 47.2 Å². The lowest BCUT2D eigenvalue weighted by Crippen LogP contribution is -2.37. The number of amides is 2. The Morgan fingerprint density at radius 1 is 1.00 bits per heavy atom. The van der Waals surface area contributed by atoms with Crippen LogP contribution in [0.5, 0.6) is 5.75 Å². The van der Waals surface area contributed by atoms with Gasteiger partial charge < -0.3 is 15.0 Å². The van der Waals surface area contributed by atoms with Crippen LogP contribution in [0.4, 0.5) is 0 Å². The summed E-state index contributed by atoms with van der Waals surface area (Å²) in [6, 6.07) is 26.2. The molecule has 3 aromatic carbocycles. The molecule has 1 saturated heterocycles. The van der Waals surface area contributed by atoms with Crippen molar-refractivity contribution in [1.82, 2.24) is 10.2 Å². The van der Waals surface area contributed by atoms with E-state index in [1.165, 1.54) is 0 Å². The van der Waals surface area contributed by atoms with Gasteiger partial charge in [0, 0.05) is 26.1 Å². The van der Waals surface area contributed by atoms with Crippen molar-refractivity contribution in [2.45, 2.75) is 19.3 Å². The minimum atomic E-state index is -0.276. The lowest BCUT2D eigenvalue weighted by molar-refractivity contribution is -0.132. The first kappa shape index (κ1) is 22.6. The van der Waals surface area contributed by atoms with Crippen molar-refractivity contribution < 1.29 is 14.3 Å². The Balaban J connectivity index is 1.44. The Morgan fingerprint density at radius 2 is 1.73 bits per heavy atom. The van der Waals surface area contributed by atoms with Gasteiger partial charge in [-0.15, -0.1) is 0 Å². The van der Waals surface area contributed by atoms with Crippen LogP contribution in [0.2, 0.25) is 0 Å². The second kappa shape index (κ2) is 10.8. The second-order valence-corrected chi connectivity index (χ2v) is 8.40. The number of nitrogens with zero attached hydrogens (tertiary/aromatic N) is 1. The van der Waals surface area contributed by atoms with Crippen LogP contribution in [-0.2, 0) is 22.4 Å². The number of hydrogen-bond acceptors (Lipinski definition) is 3. The van der Waals surface area contributed by atoms with E-state index in [4.69, 9.17) is 4.74 Å². The summed E-state index contributed by atoms with van der Waals surface area (Å²) in [5, 5.41) is 3.00. The first-order valence-electron chi connectivity index (χ1n) is 11.5. The van der Waals surface area contributed by atoms with Crippen molar-refractivity contribution in [3.8, 4) is 16.9 Å². The van der Waals surface area contributed by atoms with Crippen molar-refractivity contribution in [3.05, 3.63) is 90.0 Å². The molecule has 1 N–H and O–H groups in total. The topological polar surface area (TPSA) is 58.6 Å². The quantitative estimate of drug-likeness (QED) is 0.599. The molecule has 33 heavy (non-hydrogen) atoms. The van der Waals surface area contributed by atoms with Crippen molar-refractivity contribution in [1.29, 1.82) is 0 Å². The van der Waals surface area contributed by atoms with Crippen LogP contribution in [0.25, 0.3) is 11.1 Å². The van der Waals surface area contributed by atoms with Crippen molar-refractivity contribution in [2.24, 2.45) is 5.92 Å². The Hall–Kier alpha value is -3.60. The fourth-order valence-corrected chi connectivity index (χ4v) is 4.35. The molecule has 0 aromatic heterocycles. The van der Waals surface area contributed by atoms with Crippen molar-refractivity contribution in [3.63, 3.8) is 0 Å². The number of benzene rings is 3. The summed E-state index contributed by atoms with van der Waals surface area (Å²) in [6.07, 6.45) is 1.69. The van der Waals surface area contributed by atoms with E-state index < -0.39 is 0 Å². The molecule has 1 unspecified atom stereocenters. The number of hydrogen-bond donors (Lipinski definition) is 1. The predicted molar refractivity (Wildman–Crippen MR) is 130 cm³/mol. The number of carbonyl (C=O) groups is 2. The summed E-state index contributed by atoms with van der Waals surface area (Å²) in [7, 11) is 1.64. The lowest BCUT2D eigenvalue weighted by atomic mass is 9.91. The third kappa shape index (κ3) is 5.80. The second-order valence-electron chi connectivity index (χ2n) is 8.40. The van der Waals surface area contributed by atoms with Gasteiger partial charge in [-0.1, -0.05) is 66.7 Å². The molecule has 3 aromatic rings. The van der Waals surface area contributed by atoms with E-state index in [1.54, 1.807) is 7.11 Å². The summed E-state index contributed by atoms with van der Waals surface area (Å²) in [5.74, 6) is 0.634. The highest BCUT2D eigenvalue weighted by molar-refractivity contribution is 5.82. The summed E-state index contributed by atoms with van der Waals surface area (Å²) in [5.41, 5.74) is 4.49. The zero-order chi connectivity index (χ0) is 23.0. The normalized spacial score (nSPS) is 16.1. The molecule has 1 fully saturated rings. The zero-order valence-electron chi connectivity index (χ0n) is 19.0. The maximum Gasteiger partial charge on any atom is 0.225 e. The highest BCUT2D eigenvalue weighted by Gasteiger charge is 2.28. The summed E-state index contributed by atoms with van der Waals surface area (Å²) in [4.78, 5) is 27.7. The molecule has 2 amide bonds. The molecule has 0 radical (unpaired) electrons. The first-order valence-corrected chi connectivity index (χ1v) is 11.5. The van der Waals surface area contributed by atoms with Gasteiger partial charge in [-0.25, -0.2) is 0 Å². The number of aryl methyl sites for hydroxylation is 1. The maximum atomic E-state index is 13.0. The fourth-order valence-electron chi connectivity index (χ4n) is 4.35. The van der Waals surface area contributed by atoms with Gasteiger partial charge in [0.2, 0.25) is 11.8 Å². The molecular formula is C28H30N2O3.